The van der Waals surface area contributed by atoms with Gasteiger partial charge in [-0.2, -0.15) is 0 Å². The molecular weight excluding hydrogens is 290 g/mol. The van der Waals surface area contributed by atoms with E-state index in [0.29, 0.717) is 35.1 Å². The monoisotopic (exact) mass is 311 g/mol. The lowest BCUT2D eigenvalue weighted by atomic mass is 10.1. The van der Waals surface area contributed by atoms with E-state index in [4.69, 9.17) is 4.74 Å². The first kappa shape index (κ1) is 16.7. The molecule has 0 saturated carbocycles. The third-order valence-corrected chi connectivity index (χ3v) is 3.35. The van der Waals surface area contributed by atoms with E-state index in [1.807, 2.05) is 39.0 Å². The number of aryl methyl sites for hydroxylation is 1. The van der Waals surface area contributed by atoms with E-state index < -0.39 is 0 Å². The van der Waals surface area contributed by atoms with Crippen molar-refractivity contribution in [3.63, 3.8) is 0 Å². The molecule has 0 unspecified atom stereocenters. The molecule has 1 N–H and O–H groups in total. The van der Waals surface area contributed by atoms with Gasteiger partial charge in [-0.3, -0.25) is 9.59 Å². The van der Waals surface area contributed by atoms with Crippen LogP contribution in [0.5, 0.6) is 5.75 Å². The van der Waals surface area contributed by atoms with Gasteiger partial charge in [-0.05, 0) is 42.7 Å². The van der Waals surface area contributed by atoms with Crippen LogP contribution >= 0.6 is 0 Å². The lowest BCUT2D eigenvalue weighted by Crippen LogP contribution is -2.15. The summed E-state index contributed by atoms with van der Waals surface area (Å²) >= 11 is 0. The molecule has 0 aliphatic rings. The minimum Gasteiger partial charge on any atom is -0.491 e. The van der Waals surface area contributed by atoms with Gasteiger partial charge in [-0.15, -0.1) is 0 Å². The van der Waals surface area contributed by atoms with Gasteiger partial charge in [0.25, 0.3) is 5.91 Å². The number of carbonyl (C=O) groups is 2. The Morgan fingerprint density at radius 3 is 2.61 bits per heavy atom. The Kier molecular flexibility index (Phi) is 5.52. The Morgan fingerprint density at radius 2 is 1.96 bits per heavy atom. The number of hydrogen-bond acceptors (Lipinski definition) is 3. The van der Waals surface area contributed by atoms with Crippen molar-refractivity contribution in [3.05, 3.63) is 59.2 Å². The summed E-state index contributed by atoms with van der Waals surface area (Å²) in [5, 5.41) is 2.84. The van der Waals surface area contributed by atoms with E-state index in [-0.39, 0.29) is 5.91 Å². The second kappa shape index (κ2) is 7.58. The Bertz CT molecular complexity index is 708. The van der Waals surface area contributed by atoms with Crippen LogP contribution in [0.4, 0.5) is 5.69 Å². The summed E-state index contributed by atoms with van der Waals surface area (Å²) in [5.74, 6) is 0.701. The number of benzene rings is 2. The summed E-state index contributed by atoms with van der Waals surface area (Å²) in [6, 6.07) is 12.4. The molecule has 0 aliphatic heterocycles. The number of ether oxygens (including phenoxy) is 1. The summed E-state index contributed by atoms with van der Waals surface area (Å²) in [5.41, 5.74) is 2.48. The third kappa shape index (κ3) is 4.42. The molecule has 2 aromatic carbocycles. The molecule has 0 aromatic heterocycles. The highest BCUT2D eigenvalue weighted by Crippen LogP contribution is 2.27. The largest absolute Gasteiger partial charge is 0.491 e. The van der Waals surface area contributed by atoms with E-state index in [2.05, 4.69) is 5.32 Å². The van der Waals surface area contributed by atoms with Crippen molar-refractivity contribution in [3.8, 4) is 5.75 Å². The number of nitrogens with one attached hydrogen (secondary N) is 1. The third-order valence-electron chi connectivity index (χ3n) is 3.35. The van der Waals surface area contributed by atoms with Gasteiger partial charge in [0.2, 0.25) is 0 Å². The van der Waals surface area contributed by atoms with Crippen LogP contribution in [-0.4, -0.2) is 18.8 Å². The van der Waals surface area contributed by atoms with Crippen LogP contribution in [0.2, 0.25) is 0 Å². The fourth-order valence-electron chi connectivity index (χ4n) is 2.12. The summed E-state index contributed by atoms with van der Waals surface area (Å²) in [4.78, 5) is 23.5. The zero-order valence-electron chi connectivity index (χ0n) is 13.6. The van der Waals surface area contributed by atoms with Crippen molar-refractivity contribution in [2.45, 2.75) is 20.8 Å². The first-order valence-corrected chi connectivity index (χ1v) is 7.60. The molecule has 0 fully saturated rings. The predicted octanol–water partition coefficient (Wildman–Crippen LogP) is 4.09. The predicted molar refractivity (Wildman–Crippen MR) is 91.3 cm³/mol. The van der Waals surface area contributed by atoms with Gasteiger partial charge in [0, 0.05) is 11.1 Å². The number of rotatable bonds is 6. The molecule has 23 heavy (non-hydrogen) atoms. The van der Waals surface area contributed by atoms with Gasteiger partial charge in [-0.1, -0.05) is 32.0 Å². The van der Waals surface area contributed by atoms with Crippen molar-refractivity contribution in [2.75, 3.05) is 11.9 Å². The molecular formula is C19H21NO3. The van der Waals surface area contributed by atoms with E-state index in [1.165, 1.54) is 0 Å². The molecule has 0 spiro atoms. The van der Waals surface area contributed by atoms with Crippen LogP contribution in [0.15, 0.2) is 42.5 Å². The van der Waals surface area contributed by atoms with Gasteiger partial charge in [0.05, 0.1) is 12.3 Å². The maximum atomic E-state index is 12.5. The molecule has 4 heteroatoms. The zero-order chi connectivity index (χ0) is 16.8. The minimum absolute atomic E-state index is 0.222. The van der Waals surface area contributed by atoms with Gasteiger partial charge in [0.1, 0.15) is 12.0 Å². The Morgan fingerprint density at radius 1 is 1.22 bits per heavy atom. The zero-order valence-corrected chi connectivity index (χ0v) is 13.6. The van der Waals surface area contributed by atoms with E-state index in [1.54, 1.807) is 24.3 Å². The van der Waals surface area contributed by atoms with Crippen LogP contribution in [-0.2, 0) is 0 Å². The highest BCUT2D eigenvalue weighted by Gasteiger charge is 2.13. The van der Waals surface area contributed by atoms with E-state index in [0.717, 1.165) is 11.8 Å². The summed E-state index contributed by atoms with van der Waals surface area (Å²) in [6.07, 6.45) is 0.746. The van der Waals surface area contributed by atoms with Crippen LogP contribution in [0.3, 0.4) is 0 Å². The topological polar surface area (TPSA) is 55.4 Å². The van der Waals surface area contributed by atoms with Crippen LogP contribution < -0.4 is 10.1 Å². The van der Waals surface area contributed by atoms with Gasteiger partial charge in [0.15, 0.2) is 0 Å². The van der Waals surface area contributed by atoms with E-state index in [9.17, 15) is 9.59 Å². The molecule has 1 amide bonds. The number of anilines is 1. The fourth-order valence-corrected chi connectivity index (χ4v) is 2.12. The molecule has 0 saturated heterocycles. The van der Waals surface area contributed by atoms with Crippen molar-refractivity contribution < 1.29 is 14.3 Å². The van der Waals surface area contributed by atoms with Crippen LogP contribution in [0.1, 0.15) is 40.1 Å². The lowest BCUT2D eigenvalue weighted by Gasteiger charge is -2.15. The normalized spacial score (nSPS) is 10.4. The average molecular weight is 311 g/mol. The quantitative estimate of drug-likeness (QED) is 0.817. The smallest absolute Gasteiger partial charge is 0.256 e. The van der Waals surface area contributed by atoms with Gasteiger partial charge >= 0.3 is 0 Å². The molecule has 0 heterocycles. The molecule has 2 aromatic rings. The Labute approximate surface area is 136 Å². The first-order chi connectivity index (χ1) is 11.0. The highest BCUT2D eigenvalue weighted by molar-refractivity contribution is 6.06. The van der Waals surface area contributed by atoms with Crippen molar-refractivity contribution in [2.24, 2.45) is 5.92 Å². The first-order valence-electron chi connectivity index (χ1n) is 7.60. The Hall–Kier alpha value is -2.62. The number of aldehydes is 1. The number of amides is 1. The lowest BCUT2D eigenvalue weighted by molar-refractivity contribution is 0.102. The van der Waals surface area contributed by atoms with Crippen molar-refractivity contribution >= 4 is 17.9 Å². The number of hydrogen-bond donors (Lipinski definition) is 1. The molecule has 0 bridgehead atoms. The van der Waals surface area contributed by atoms with E-state index >= 15 is 0 Å². The highest BCUT2D eigenvalue weighted by atomic mass is 16.5. The SMILES string of the molecule is Cc1ccccc1C(=O)Nc1cc(C=O)ccc1OCC(C)C. The maximum absolute atomic E-state index is 12.5. The molecule has 0 radical (unpaired) electrons. The van der Waals surface area contributed by atoms with Gasteiger partial charge < -0.3 is 10.1 Å². The van der Waals surface area contributed by atoms with Crippen LogP contribution in [0, 0.1) is 12.8 Å². The summed E-state index contributed by atoms with van der Waals surface area (Å²) in [6.45, 7) is 6.51. The molecule has 120 valence electrons. The minimum atomic E-state index is -0.222. The van der Waals surface area contributed by atoms with Crippen molar-refractivity contribution in [1.82, 2.24) is 0 Å². The van der Waals surface area contributed by atoms with Crippen LogP contribution in [0.25, 0.3) is 0 Å². The maximum Gasteiger partial charge on any atom is 0.256 e. The second-order valence-electron chi connectivity index (χ2n) is 5.85. The number of carbonyl (C=O) groups excluding carboxylic acids is 2. The van der Waals surface area contributed by atoms with Gasteiger partial charge in [-0.25, -0.2) is 0 Å². The fraction of sp³-hybridized carbons (Fsp3) is 0.263. The Balaban J connectivity index is 2.27. The molecule has 0 aliphatic carbocycles. The molecule has 2 rings (SSSR count). The molecule has 4 nitrogen and oxygen atoms in total. The van der Waals surface area contributed by atoms with Crippen molar-refractivity contribution in [1.29, 1.82) is 0 Å². The standard InChI is InChI=1S/C19H21NO3/c1-13(2)12-23-18-9-8-15(11-21)10-17(18)20-19(22)16-7-5-4-6-14(16)3/h4-11,13H,12H2,1-3H3,(H,20,22). The summed E-state index contributed by atoms with van der Waals surface area (Å²) in [7, 11) is 0. The second-order valence-corrected chi connectivity index (χ2v) is 5.85. The average Bonchev–Trinajstić information content (AvgIpc) is 2.53. The molecule has 0 atom stereocenters. The summed E-state index contributed by atoms with van der Waals surface area (Å²) < 4.78 is 5.73.